The highest BCUT2D eigenvalue weighted by molar-refractivity contribution is 7.71. The Morgan fingerprint density at radius 2 is 2.11 bits per heavy atom. The first-order chi connectivity index (χ1) is 9.18. The van der Waals surface area contributed by atoms with Gasteiger partial charge in [0.05, 0.1) is 22.8 Å². The number of H-pyrrole nitrogens is 1. The zero-order valence-corrected chi connectivity index (χ0v) is 10.4. The lowest BCUT2D eigenvalue weighted by atomic mass is 10.2. The van der Waals surface area contributed by atoms with Gasteiger partial charge in [-0.25, -0.2) is 4.39 Å². The van der Waals surface area contributed by atoms with Crippen LogP contribution in [0.15, 0.2) is 47.5 Å². The first-order valence-corrected chi connectivity index (χ1v) is 5.93. The number of nitrogens with one attached hydrogen (secondary N) is 1. The van der Waals surface area contributed by atoms with Gasteiger partial charge in [-0.1, -0.05) is 6.07 Å². The van der Waals surface area contributed by atoms with E-state index in [1.54, 1.807) is 24.4 Å². The second-order valence-corrected chi connectivity index (χ2v) is 4.33. The van der Waals surface area contributed by atoms with Crippen molar-refractivity contribution in [1.29, 1.82) is 0 Å². The number of rotatable bonds is 1. The Morgan fingerprint density at radius 1 is 1.26 bits per heavy atom. The largest absolute Gasteiger partial charge is 0.329 e. The molecule has 0 aliphatic heterocycles. The number of aromatic nitrogens is 3. The maximum Gasteiger partial charge on any atom is 0.266 e. The van der Waals surface area contributed by atoms with E-state index in [1.165, 1.54) is 22.9 Å². The predicted octanol–water partition coefficient (Wildman–Crippen LogP) is 2.58. The minimum atomic E-state index is -0.501. The Labute approximate surface area is 112 Å². The maximum atomic E-state index is 13.6. The van der Waals surface area contributed by atoms with E-state index >= 15 is 0 Å². The molecule has 0 unspecified atom stereocenters. The zero-order valence-electron chi connectivity index (χ0n) is 9.63. The number of fused-ring (bicyclic) bond motifs is 1. The van der Waals surface area contributed by atoms with Gasteiger partial charge in [0.15, 0.2) is 4.77 Å². The molecule has 0 saturated heterocycles. The Balaban J connectivity index is 2.47. The number of hydrogen-bond donors (Lipinski definition) is 1. The Bertz CT molecular complexity index is 870. The average Bonchev–Trinajstić information content (AvgIpc) is 2.41. The van der Waals surface area contributed by atoms with Gasteiger partial charge in [-0.3, -0.25) is 14.3 Å². The third-order valence-electron chi connectivity index (χ3n) is 2.79. The molecule has 0 radical (unpaired) electrons. The monoisotopic (exact) mass is 273 g/mol. The summed E-state index contributed by atoms with van der Waals surface area (Å²) in [6.45, 7) is 0. The molecule has 2 aromatic heterocycles. The Morgan fingerprint density at radius 3 is 2.84 bits per heavy atom. The molecule has 4 nitrogen and oxygen atoms in total. The molecule has 0 aliphatic rings. The molecule has 0 aliphatic carbocycles. The molecule has 3 rings (SSSR count). The number of aromatic amines is 1. The van der Waals surface area contributed by atoms with Gasteiger partial charge in [0.2, 0.25) is 0 Å². The van der Waals surface area contributed by atoms with Gasteiger partial charge in [-0.05, 0) is 36.5 Å². The van der Waals surface area contributed by atoms with Gasteiger partial charge in [0.25, 0.3) is 5.56 Å². The molecule has 0 bridgehead atoms. The Kier molecular flexibility index (Phi) is 2.72. The van der Waals surface area contributed by atoms with Crippen LogP contribution in [0, 0.1) is 10.6 Å². The van der Waals surface area contributed by atoms with Gasteiger partial charge in [-0.2, -0.15) is 0 Å². The predicted molar refractivity (Wildman–Crippen MR) is 72.5 cm³/mol. The van der Waals surface area contributed by atoms with Crippen molar-refractivity contribution >= 4 is 23.1 Å². The van der Waals surface area contributed by atoms with Crippen LogP contribution in [0.3, 0.4) is 0 Å². The van der Waals surface area contributed by atoms with Crippen LogP contribution in [0.25, 0.3) is 16.6 Å². The minimum absolute atomic E-state index is 0.123. The fraction of sp³-hybridized carbons (Fsp3) is 0. The zero-order chi connectivity index (χ0) is 13.4. The molecular formula is C13H8FN3OS. The first-order valence-electron chi connectivity index (χ1n) is 5.52. The molecule has 94 valence electrons. The van der Waals surface area contributed by atoms with E-state index in [1.807, 2.05) is 0 Å². The van der Waals surface area contributed by atoms with E-state index in [0.717, 1.165) is 0 Å². The second kappa shape index (κ2) is 4.40. The number of nitrogens with zero attached hydrogens (tertiary/aromatic N) is 2. The Hall–Kier alpha value is -2.34. The second-order valence-electron chi connectivity index (χ2n) is 3.94. The molecule has 6 heteroatoms. The molecule has 0 saturated carbocycles. The van der Waals surface area contributed by atoms with Crippen molar-refractivity contribution in [3.05, 3.63) is 63.7 Å². The molecule has 2 heterocycles. The van der Waals surface area contributed by atoms with E-state index in [4.69, 9.17) is 12.2 Å². The molecule has 19 heavy (non-hydrogen) atoms. The van der Waals surface area contributed by atoms with Crippen LogP contribution in [0.4, 0.5) is 4.39 Å². The van der Waals surface area contributed by atoms with Crippen molar-refractivity contribution < 1.29 is 4.39 Å². The summed E-state index contributed by atoms with van der Waals surface area (Å²) in [5.41, 5.74) is 0.295. The molecule has 0 atom stereocenters. The third-order valence-corrected chi connectivity index (χ3v) is 3.07. The number of benzene rings is 1. The van der Waals surface area contributed by atoms with Crippen LogP contribution >= 0.6 is 12.2 Å². The normalized spacial score (nSPS) is 10.8. The summed E-state index contributed by atoms with van der Waals surface area (Å²) in [4.78, 5) is 19.1. The van der Waals surface area contributed by atoms with Gasteiger partial charge in [0, 0.05) is 6.20 Å². The SMILES string of the molecule is O=c1c2cccc(F)c2[nH]c(=S)n1-c1cccnc1. The fourth-order valence-corrected chi connectivity index (χ4v) is 2.22. The van der Waals surface area contributed by atoms with Crippen LogP contribution in [-0.4, -0.2) is 14.5 Å². The van der Waals surface area contributed by atoms with Crippen molar-refractivity contribution in [1.82, 2.24) is 14.5 Å². The lowest BCUT2D eigenvalue weighted by Gasteiger charge is -2.07. The van der Waals surface area contributed by atoms with Crippen molar-refractivity contribution in [2.75, 3.05) is 0 Å². The molecule has 0 fully saturated rings. The summed E-state index contributed by atoms with van der Waals surface area (Å²) >= 11 is 5.12. The minimum Gasteiger partial charge on any atom is -0.329 e. The third kappa shape index (κ3) is 1.86. The summed E-state index contributed by atoms with van der Waals surface area (Å²) in [6, 6.07) is 7.74. The van der Waals surface area contributed by atoms with Crippen LogP contribution in [0.2, 0.25) is 0 Å². The molecule has 0 amide bonds. The maximum absolute atomic E-state index is 13.6. The summed E-state index contributed by atoms with van der Waals surface area (Å²) in [6.07, 6.45) is 3.12. The van der Waals surface area contributed by atoms with E-state index < -0.39 is 5.82 Å². The fourth-order valence-electron chi connectivity index (χ4n) is 1.93. The van der Waals surface area contributed by atoms with Crippen LogP contribution in [0.1, 0.15) is 0 Å². The molecular weight excluding hydrogens is 265 g/mol. The molecule has 0 spiro atoms. The first kappa shape index (κ1) is 11.7. The van der Waals surface area contributed by atoms with Gasteiger partial charge >= 0.3 is 0 Å². The van der Waals surface area contributed by atoms with Crippen molar-refractivity contribution in [3.63, 3.8) is 0 Å². The van der Waals surface area contributed by atoms with Crippen molar-refractivity contribution in [2.45, 2.75) is 0 Å². The number of para-hydroxylation sites is 1. The quantitative estimate of drug-likeness (QED) is 0.693. The van der Waals surface area contributed by atoms with Gasteiger partial charge in [0.1, 0.15) is 5.82 Å². The molecule has 1 aromatic carbocycles. The summed E-state index contributed by atoms with van der Waals surface area (Å²) in [5, 5.41) is 0.248. The van der Waals surface area contributed by atoms with Crippen molar-refractivity contribution in [2.24, 2.45) is 0 Å². The van der Waals surface area contributed by atoms with E-state index in [-0.39, 0.29) is 21.2 Å². The number of hydrogen-bond acceptors (Lipinski definition) is 3. The highest BCUT2D eigenvalue weighted by Crippen LogP contribution is 2.13. The highest BCUT2D eigenvalue weighted by Gasteiger charge is 2.09. The lowest BCUT2D eigenvalue weighted by molar-refractivity contribution is 0.635. The summed E-state index contributed by atoms with van der Waals surface area (Å²) in [5.74, 6) is -0.501. The van der Waals surface area contributed by atoms with Crippen LogP contribution in [-0.2, 0) is 0 Å². The molecule has 1 N–H and O–H groups in total. The van der Waals surface area contributed by atoms with E-state index in [9.17, 15) is 9.18 Å². The van der Waals surface area contributed by atoms with E-state index in [0.29, 0.717) is 5.69 Å². The average molecular weight is 273 g/mol. The number of halogens is 1. The standard InChI is InChI=1S/C13H8FN3OS/c14-10-5-1-4-9-11(10)16-13(19)17(12(9)18)8-3-2-6-15-7-8/h1-7H,(H,16,19). The highest BCUT2D eigenvalue weighted by atomic mass is 32.1. The van der Waals surface area contributed by atoms with E-state index in [2.05, 4.69) is 9.97 Å². The topological polar surface area (TPSA) is 50.7 Å². The molecule has 3 aromatic rings. The summed E-state index contributed by atoms with van der Waals surface area (Å²) < 4.78 is 15.1. The van der Waals surface area contributed by atoms with Crippen LogP contribution < -0.4 is 5.56 Å². The summed E-state index contributed by atoms with van der Waals surface area (Å²) in [7, 11) is 0. The van der Waals surface area contributed by atoms with Crippen LogP contribution in [0.5, 0.6) is 0 Å². The lowest BCUT2D eigenvalue weighted by Crippen LogP contribution is -2.20. The number of pyridine rings is 1. The van der Waals surface area contributed by atoms with Crippen molar-refractivity contribution in [3.8, 4) is 5.69 Å². The van der Waals surface area contributed by atoms with Gasteiger partial charge < -0.3 is 4.98 Å². The van der Waals surface area contributed by atoms with Gasteiger partial charge in [-0.15, -0.1) is 0 Å². The smallest absolute Gasteiger partial charge is 0.266 e.